The molecule has 2 aromatic rings. The second-order valence-corrected chi connectivity index (χ2v) is 6.19. The molecule has 0 bridgehead atoms. The summed E-state index contributed by atoms with van der Waals surface area (Å²) in [5, 5.41) is 2.74. The van der Waals surface area contributed by atoms with Crippen LogP contribution in [0.15, 0.2) is 42.5 Å². The minimum atomic E-state index is -2.96. The Morgan fingerprint density at radius 2 is 2.03 bits per heavy atom. The maximum Gasteiger partial charge on any atom is 0.387 e. The van der Waals surface area contributed by atoms with Crippen molar-refractivity contribution in [1.82, 2.24) is 5.32 Å². The molecule has 2 aromatic carbocycles. The van der Waals surface area contributed by atoms with Crippen molar-refractivity contribution in [2.24, 2.45) is 0 Å². The largest absolute Gasteiger partial charge is 0.493 e. The predicted molar refractivity (Wildman–Crippen MR) is 100 cm³/mol. The maximum atomic E-state index is 12.4. The number of anilines is 1. The Morgan fingerprint density at radius 3 is 2.79 bits per heavy atom. The topological polar surface area (TPSA) is 77.1 Å². The molecule has 0 unspecified atom stereocenters. The van der Waals surface area contributed by atoms with Crippen LogP contribution in [0.2, 0.25) is 0 Å². The van der Waals surface area contributed by atoms with Gasteiger partial charge in [0.15, 0.2) is 18.1 Å². The van der Waals surface area contributed by atoms with E-state index in [1.54, 1.807) is 24.3 Å². The lowest BCUT2D eigenvalue weighted by atomic mass is 10.2. The fourth-order valence-corrected chi connectivity index (χ4v) is 2.92. The van der Waals surface area contributed by atoms with E-state index in [9.17, 15) is 18.4 Å². The van der Waals surface area contributed by atoms with Gasteiger partial charge in [-0.05, 0) is 29.8 Å². The number of hydrogen-bond donors (Lipinski definition) is 1. The van der Waals surface area contributed by atoms with Crippen LogP contribution in [0.1, 0.15) is 12.0 Å². The van der Waals surface area contributed by atoms with Gasteiger partial charge < -0.3 is 24.4 Å². The van der Waals surface area contributed by atoms with Crippen LogP contribution in [-0.4, -0.2) is 38.7 Å². The van der Waals surface area contributed by atoms with Crippen molar-refractivity contribution in [2.45, 2.75) is 19.6 Å². The molecule has 0 aliphatic carbocycles. The molecule has 0 fully saturated rings. The zero-order chi connectivity index (χ0) is 20.8. The zero-order valence-electron chi connectivity index (χ0n) is 15.7. The van der Waals surface area contributed by atoms with E-state index in [1.165, 1.54) is 24.1 Å². The van der Waals surface area contributed by atoms with Crippen LogP contribution in [0.5, 0.6) is 17.2 Å². The molecule has 1 heterocycles. The SMILES string of the molecule is COc1cc(CNC(=O)CCN2C(=O)COc3ccccc32)ccc1OC(F)F. The summed E-state index contributed by atoms with van der Waals surface area (Å²) in [5.41, 5.74) is 1.29. The fourth-order valence-electron chi connectivity index (χ4n) is 2.92. The van der Waals surface area contributed by atoms with E-state index in [4.69, 9.17) is 9.47 Å². The summed E-state index contributed by atoms with van der Waals surface area (Å²) in [6.07, 6.45) is 0.101. The Kier molecular flexibility index (Phi) is 6.48. The van der Waals surface area contributed by atoms with E-state index in [2.05, 4.69) is 10.1 Å². The minimum Gasteiger partial charge on any atom is -0.493 e. The number of alkyl halides is 2. The highest BCUT2D eigenvalue weighted by atomic mass is 19.3. The first-order valence-corrected chi connectivity index (χ1v) is 8.88. The molecule has 0 saturated heterocycles. The molecule has 3 rings (SSSR count). The summed E-state index contributed by atoms with van der Waals surface area (Å²) in [4.78, 5) is 25.9. The van der Waals surface area contributed by atoms with Crippen LogP contribution >= 0.6 is 0 Å². The standard InChI is InChI=1S/C20H20F2N2O5/c1-27-17-10-13(6-7-16(17)29-20(21)22)11-23-18(25)8-9-24-14-4-2-3-5-15(14)28-12-19(24)26/h2-7,10,20H,8-9,11-12H2,1H3,(H,23,25). The molecule has 0 aromatic heterocycles. The number of ether oxygens (including phenoxy) is 3. The van der Waals surface area contributed by atoms with E-state index in [1.807, 2.05) is 6.07 Å². The number of carbonyl (C=O) groups excluding carboxylic acids is 2. The molecule has 2 amide bonds. The lowest BCUT2D eigenvalue weighted by Gasteiger charge is -2.29. The first kappa shape index (κ1) is 20.4. The van der Waals surface area contributed by atoms with Crippen LogP contribution < -0.4 is 24.4 Å². The van der Waals surface area contributed by atoms with Gasteiger partial charge >= 0.3 is 6.61 Å². The molecule has 7 nitrogen and oxygen atoms in total. The maximum absolute atomic E-state index is 12.4. The predicted octanol–water partition coefficient (Wildman–Crippen LogP) is 2.73. The molecule has 29 heavy (non-hydrogen) atoms. The molecule has 0 saturated carbocycles. The van der Waals surface area contributed by atoms with E-state index in [0.717, 1.165) is 0 Å². The van der Waals surface area contributed by atoms with Crippen LogP contribution in [0.4, 0.5) is 14.5 Å². The molecule has 0 radical (unpaired) electrons. The highest BCUT2D eigenvalue weighted by Gasteiger charge is 2.25. The van der Waals surface area contributed by atoms with Crippen LogP contribution in [0, 0.1) is 0 Å². The number of carbonyl (C=O) groups is 2. The monoisotopic (exact) mass is 406 g/mol. The Morgan fingerprint density at radius 1 is 1.24 bits per heavy atom. The summed E-state index contributed by atoms with van der Waals surface area (Å²) in [5.74, 6) is 0.199. The van der Waals surface area contributed by atoms with Gasteiger partial charge in [-0.15, -0.1) is 0 Å². The first-order chi connectivity index (χ1) is 14.0. The third-order valence-corrected chi connectivity index (χ3v) is 4.30. The quantitative estimate of drug-likeness (QED) is 0.730. The number of fused-ring (bicyclic) bond motifs is 1. The second kappa shape index (κ2) is 9.22. The van der Waals surface area contributed by atoms with E-state index in [0.29, 0.717) is 17.0 Å². The normalized spacial score (nSPS) is 13.0. The number of para-hydroxylation sites is 2. The highest BCUT2D eigenvalue weighted by molar-refractivity contribution is 5.98. The molecule has 1 aliphatic rings. The Balaban J connectivity index is 1.55. The minimum absolute atomic E-state index is 0.0640. The van der Waals surface area contributed by atoms with E-state index in [-0.39, 0.29) is 49.4 Å². The lowest BCUT2D eigenvalue weighted by Crippen LogP contribution is -2.41. The van der Waals surface area contributed by atoms with E-state index >= 15 is 0 Å². The van der Waals surface area contributed by atoms with Crippen molar-refractivity contribution in [3.05, 3.63) is 48.0 Å². The van der Waals surface area contributed by atoms with Crippen molar-refractivity contribution in [3.63, 3.8) is 0 Å². The molecule has 0 spiro atoms. The molecular formula is C20H20F2N2O5. The van der Waals surface area contributed by atoms with Crippen LogP contribution in [-0.2, 0) is 16.1 Å². The van der Waals surface area contributed by atoms with Gasteiger partial charge in [0.25, 0.3) is 5.91 Å². The van der Waals surface area contributed by atoms with E-state index < -0.39 is 6.61 Å². The third-order valence-electron chi connectivity index (χ3n) is 4.30. The van der Waals surface area contributed by atoms with Crippen LogP contribution in [0.25, 0.3) is 0 Å². The molecule has 1 aliphatic heterocycles. The van der Waals surface area contributed by atoms with Gasteiger partial charge in [0.1, 0.15) is 5.75 Å². The molecular weight excluding hydrogens is 386 g/mol. The second-order valence-electron chi connectivity index (χ2n) is 6.19. The average Bonchev–Trinajstić information content (AvgIpc) is 2.71. The number of hydrogen-bond acceptors (Lipinski definition) is 5. The summed E-state index contributed by atoms with van der Waals surface area (Å²) in [6, 6.07) is 11.6. The molecule has 9 heteroatoms. The number of benzene rings is 2. The molecule has 0 atom stereocenters. The Bertz CT molecular complexity index is 891. The number of amides is 2. The van der Waals surface area contributed by atoms with Crippen molar-refractivity contribution in [2.75, 3.05) is 25.2 Å². The number of rotatable bonds is 8. The summed E-state index contributed by atoms with van der Waals surface area (Å²) >= 11 is 0. The number of methoxy groups -OCH3 is 1. The van der Waals surface area contributed by atoms with Crippen molar-refractivity contribution in [3.8, 4) is 17.2 Å². The van der Waals surface area contributed by atoms with Gasteiger partial charge in [-0.25, -0.2) is 0 Å². The lowest BCUT2D eigenvalue weighted by molar-refractivity contribution is -0.122. The molecule has 1 N–H and O–H groups in total. The van der Waals surface area contributed by atoms with Crippen LogP contribution in [0.3, 0.4) is 0 Å². The molecule has 154 valence electrons. The summed E-state index contributed by atoms with van der Waals surface area (Å²) in [6.45, 7) is -2.62. The van der Waals surface area contributed by atoms with Crippen molar-refractivity contribution < 1.29 is 32.6 Å². The van der Waals surface area contributed by atoms with Gasteiger partial charge in [-0.3, -0.25) is 9.59 Å². The van der Waals surface area contributed by atoms with Crippen molar-refractivity contribution in [1.29, 1.82) is 0 Å². The highest BCUT2D eigenvalue weighted by Crippen LogP contribution is 2.31. The number of nitrogens with one attached hydrogen (secondary N) is 1. The van der Waals surface area contributed by atoms with Gasteiger partial charge in [0.2, 0.25) is 5.91 Å². The third kappa shape index (κ3) is 5.13. The number of halogens is 2. The number of nitrogens with zero attached hydrogens (tertiary/aromatic N) is 1. The Hall–Kier alpha value is -3.36. The average molecular weight is 406 g/mol. The summed E-state index contributed by atoms with van der Waals surface area (Å²) in [7, 11) is 1.34. The van der Waals surface area contributed by atoms with Gasteiger partial charge in [0, 0.05) is 19.5 Å². The zero-order valence-corrected chi connectivity index (χ0v) is 15.7. The van der Waals surface area contributed by atoms with Gasteiger partial charge in [0.05, 0.1) is 12.8 Å². The van der Waals surface area contributed by atoms with Gasteiger partial charge in [-0.1, -0.05) is 18.2 Å². The summed E-state index contributed by atoms with van der Waals surface area (Å²) < 4.78 is 39.5. The van der Waals surface area contributed by atoms with Gasteiger partial charge in [-0.2, -0.15) is 8.78 Å². The van der Waals surface area contributed by atoms with Crippen molar-refractivity contribution >= 4 is 17.5 Å². The fraction of sp³-hybridized carbons (Fsp3) is 0.300. The Labute approximate surface area is 166 Å². The smallest absolute Gasteiger partial charge is 0.387 e. The first-order valence-electron chi connectivity index (χ1n) is 8.88.